The summed E-state index contributed by atoms with van der Waals surface area (Å²) in [5, 5.41) is 0. The highest BCUT2D eigenvalue weighted by atomic mass is 19.1. The minimum atomic E-state index is -0.231. The number of amides is 1. The lowest BCUT2D eigenvalue weighted by Crippen LogP contribution is -2.58. The summed E-state index contributed by atoms with van der Waals surface area (Å²) in [7, 11) is 0. The third kappa shape index (κ3) is 8.44. The van der Waals surface area contributed by atoms with Gasteiger partial charge in [0, 0.05) is 43.7 Å². The molecule has 1 saturated heterocycles. The average molecular weight is 497 g/mol. The lowest BCUT2D eigenvalue weighted by molar-refractivity contribution is -0.139. The van der Waals surface area contributed by atoms with Gasteiger partial charge in [-0.15, -0.1) is 0 Å². The number of ketones is 1. The zero-order valence-electron chi connectivity index (χ0n) is 22.0. The maximum Gasteiger partial charge on any atom is 0.260 e. The van der Waals surface area contributed by atoms with E-state index < -0.39 is 0 Å². The molecule has 1 aliphatic rings. The van der Waals surface area contributed by atoms with Gasteiger partial charge in [0.1, 0.15) is 11.6 Å². The molecule has 2 aromatic carbocycles. The monoisotopic (exact) mass is 496 g/mol. The van der Waals surface area contributed by atoms with Crippen LogP contribution in [0.15, 0.2) is 48.5 Å². The van der Waals surface area contributed by atoms with Crippen molar-refractivity contribution in [2.75, 3.05) is 19.7 Å². The van der Waals surface area contributed by atoms with Crippen molar-refractivity contribution in [3.8, 4) is 5.75 Å². The summed E-state index contributed by atoms with van der Waals surface area (Å²) in [6, 6.07) is 14.0. The van der Waals surface area contributed by atoms with Crippen LogP contribution >= 0.6 is 0 Å². The van der Waals surface area contributed by atoms with Crippen LogP contribution in [0.4, 0.5) is 4.39 Å². The molecule has 0 bridgehead atoms. The van der Waals surface area contributed by atoms with Crippen LogP contribution in [0.5, 0.6) is 5.75 Å². The van der Waals surface area contributed by atoms with Gasteiger partial charge in [0.05, 0.1) is 0 Å². The Kier molecular flexibility index (Phi) is 10.9. The van der Waals surface area contributed by atoms with E-state index in [0.717, 1.165) is 31.5 Å². The Morgan fingerprint density at radius 1 is 0.889 bits per heavy atom. The first-order valence-corrected chi connectivity index (χ1v) is 13.4. The van der Waals surface area contributed by atoms with Crippen LogP contribution in [0.3, 0.4) is 0 Å². The van der Waals surface area contributed by atoms with Crippen LogP contribution in [0.1, 0.15) is 81.6 Å². The lowest BCUT2D eigenvalue weighted by atomic mass is 10.0. The average Bonchev–Trinajstić information content (AvgIpc) is 2.88. The van der Waals surface area contributed by atoms with Crippen LogP contribution in [0, 0.1) is 5.82 Å². The number of hydrogen-bond donors (Lipinski definition) is 0. The standard InChI is InChI=1S/C30H41FN2O3/c1-4-5-6-7-8-9-10-29(34)26-13-17-28(18-14-26)36-22-30(35)33-20-23(2)32(19-24(33)3)21-25-11-15-27(31)16-12-25/h11-18,23-24H,4-10,19-22H2,1-3H3/t23-,24+/m1/s1. The molecular weight excluding hydrogens is 455 g/mol. The summed E-state index contributed by atoms with van der Waals surface area (Å²) in [6.07, 6.45) is 7.56. The van der Waals surface area contributed by atoms with E-state index in [-0.39, 0.29) is 36.2 Å². The third-order valence-electron chi connectivity index (χ3n) is 7.03. The predicted octanol–water partition coefficient (Wildman–Crippen LogP) is 6.26. The Hall–Kier alpha value is -2.73. The number of rotatable bonds is 13. The normalized spacial score (nSPS) is 18.3. The molecule has 0 radical (unpaired) electrons. The summed E-state index contributed by atoms with van der Waals surface area (Å²) in [5.41, 5.74) is 1.76. The number of piperazine rings is 1. The molecule has 196 valence electrons. The third-order valence-corrected chi connectivity index (χ3v) is 7.03. The Morgan fingerprint density at radius 3 is 2.25 bits per heavy atom. The van der Waals surface area contributed by atoms with Gasteiger partial charge in [0.15, 0.2) is 12.4 Å². The maximum atomic E-state index is 13.2. The van der Waals surface area contributed by atoms with E-state index in [1.807, 2.05) is 24.0 Å². The molecule has 6 heteroatoms. The Balaban J connectivity index is 1.42. The molecule has 0 aromatic heterocycles. The highest BCUT2D eigenvalue weighted by molar-refractivity contribution is 5.96. The zero-order chi connectivity index (χ0) is 25.9. The maximum absolute atomic E-state index is 13.2. The zero-order valence-corrected chi connectivity index (χ0v) is 22.0. The van der Waals surface area contributed by atoms with Gasteiger partial charge in [0.25, 0.3) is 5.91 Å². The van der Waals surface area contributed by atoms with E-state index in [9.17, 15) is 14.0 Å². The molecule has 2 aromatic rings. The molecule has 0 unspecified atom stereocenters. The van der Waals surface area contributed by atoms with E-state index in [1.54, 1.807) is 24.3 Å². The molecule has 0 saturated carbocycles. The summed E-state index contributed by atoms with van der Waals surface area (Å²) >= 11 is 0. The van der Waals surface area contributed by atoms with Crippen LogP contribution in [-0.4, -0.2) is 53.3 Å². The summed E-state index contributed by atoms with van der Waals surface area (Å²) in [5.74, 6) is 0.480. The minimum absolute atomic E-state index is 0.0277. The molecule has 36 heavy (non-hydrogen) atoms. The molecule has 1 heterocycles. The van der Waals surface area contributed by atoms with Gasteiger partial charge >= 0.3 is 0 Å². The van der Waals surface area contributed by atoms with E-state index in [0.29, 0.717) is 24.3 Å². The summed E-state index contributed by atoms with van der Waals surface area (Å²) < 4.78 is 19.0. The van der Waals surface area contributed by atoms with Crippen molar-refractivity contribution in [3.63, 3.8) is 0 Å². The van der Waals surface area contributed by atoms with Gasteiger partial charge in [-0.25, -0.2) is 4.39 Å². The van der Waals surface area contributed by atoms with Crippen molar-refractivity contribution in [1.29, 1.82) is 0 Å². The van der Waals surface area contributed by atoms with Gasteiger partial charge in [-0.3, -0.25) is 14.5 Å². The second kappa shape index (κ2) is 14.1. The number of Topliss-reactive ketones (excluding diaryl/α,β-unsaturated/α-hetero) is 1. The predicted molar refractivity (Wildman–Crippen MR) is 142 cm³/mol. The summed E-state index contributed by atoms with van der Waals surface area (Å²) in [6.45, 7) is 8.43. The van der Waals surface area contributed by atoms with Crippen molar-refractivity contribution in [1.82, 2.24) is 9.80 Å². The number of benzene rings is 2. The van der Waals surface area contributed by atoms with Crippen molar-refractivity contribution in [2.24, 2.45) is 0 Å². The molecule has 3 rings (SSSR count). The van der Waals surface area contributed by atoms with Crippen molar-refractivity contribution in [3.05, 3.63) is 65.5 Å². The highest BCUT2D eigenvalue weighted by Gasteiger charge is 2.32. The number of ether oxygens (including phenoxy) is 1. The van der Waals surface area contributed by atoms with Crippen molar-refractivity contribution in [2.45, 2.75) is 84.3 Å². The number of unbranched alkanes of at least 4 members (excludes halogenated alkanes) is 5. The Bertz CT molecular complexity index is 961. The number of halogens is 1. The highest BCUT2D eigenvalue weighted by Crippen LogP contribution is 2.20. The first kappa shape index (κ1) is 27.9. The fraction of sp³-hybridized carbons (Fsp3) is 0.533. The van der Waals surface area contributed by atoms with Gasteiger partial charge < -0.3 is 9.64 Å². The second-order valence-electron chi connectivity index (χ2n) is 10.1. The number of carbonyl (C=O) groups excluding carboxylic acids is 2. The van der Waals surface area contributed by atoms with E-state index in [4.69, 9.17) is 4.74 Å². The van der Waals surface area contributed by atoms with Crippen molar-refractivity contribution < 1.29 is 18.7 Å². The van der Waals surface area contributed by atoms with Crippen LogP contribution in [-0.2, 0) is 11.3 Å². The van der Waals surface area contributed by atoms with Gasteiger partial charge in [0.2, 0.25) is 0 Å². The molecule has 5 nitrogen and oxygen atoms in total. The molecular formula is C30H41FN2O3. The van der Waals surface area contributed by atoms with Crippen LogP contribution in [0.25, 0.3) is 0 Å². The first-order valence-electron chi connectivity index (χ1n) is 13.4. The molecule has 1 fully saturated rings. The Morgan fingerprint density at radius 2 is 1.56 bits per heavy atom. The van der Waals surface area contributed by atoms with Gasteiger partial charge in [-0.1, -0.05) is 51.2 Å². The SMILES string of the molecule is CCCCCCCCC(=O)c1ccc(OCC(=O)N2C[C@@H](C)N(Cc3ccc(F)cc3)C[C@@H]2C)cc1. The smallest absolute Gasteiger partial charge is 0.260 e. The lowest BCUT2D eigenvalue weighted by Gasteiger charge is -2.44. The molecule has 1 aliphatic heterocycles. The number of hydrogen-bond acceptors (Lipinski definition) is 4. The first-order chi connectivity index (χ1) is 17.4. The van der Waals surface area contributed by atoms with Crippen LogP contribution in [0.2, 0.25) is 0 Å². The largest absolute Gasteiger partial charge is 0.484 e. The quantitative estimate of drug-likeness (QED) is 0.243. The molecule has 0 N–H and O–H groups in total. The fourth-order valence-corrected chi connectivity index (χ4v) is 4.77. The molecule has 0 spiro atoms. The second-order valence-corrected chi connectivity index (χ2v) is 10.1. The minimum Gasteiger partial charge on any atom is -0.484 e. The fourth-order valence-electron chi connectivity index (χ4n) is 4.77. The number of carbonyl (C=O) groups is 2. The van der Waals surface area contributed by atoms with Gasteiger partial charge in [-0.05, 0) is 62.2 Å². The number of nitrogens with zero attached hydrogens (tertiary/aromatic N) is 2. The van der Waals surface area contributed by atoms with E-state index in [1.165, 1.54) is 37.8 Å². The Labute approximate surface area is 215 Å². The molecule has 0 aliphatic carbocycles. The van der Waals surface area contributed by atoms with Crippen LogP contribution < -0.4 is 4.74 Å². The molecule has 2 atom stereocenters. The van der Waals surface area contributed by atoms with Crippen molar-refractivity contribution >= 4 is 11.7 Å². The molecule has 1 amide bonds. The van der Waals surface area contributed by atoms with E-state index >= 15 is 0 Å². The van der Waals surface area contributed by atoms with E-state index in [2.05, 4.69) is 18.7 Å². The van der Waals surface area contributed by atoms with Gasteiger partial charge in [-0.2, -0.15) is 0 Å². The summed E-state index contributed by atoms with van der Waals surface area (Å²) in [4.78, 5) is 29.5. The topological polar surface area (TPSA) is 49.9 Å².